The zero-order valence-electron chi connectivity index (χ0n) is 9.93. The van der Waals surface area contributed by atoms with Gasteiger partial charge >= 0.3 is 6.03 Å². The van der Waals surface area contributed by atoms with Crippen molar-refractivity contribution >= 4 is 27.6 Å². The van der Waals surface area contributed by atoms with E-state index >= 15 is 0 Å². The molecule has 0 unspecified atom stereocenters. The fourth-order valence-corrected chi connectivity index (χ4v) is 2.16. The Balaban J connectivity index is 1.98. The summed E-state index contributed by atoms with van der Waals surface area (Å²) in [5, 5.41) is 2.38. The number of benzene rings is 1. The predicted octanol–water partition coefficient (Wildman–Crippen LogP) is 3.85. The van der Waals surface area contributed by atoms with Crippen molar-refractivity contribution in [2.75, 3.05) is 18.4 Å². The van der Waals surface area contributed by atoms with Crippen molar-refractivity contribution < 1.29 is 18.0 Å². The Morgan fingerprint density at radius 2 is 1.95 bits per heavy atom. The molecule has 2 amide bonds. The summed E-state index contributed by atoms with van der Waals surface area (Å²) in [6.45, 7) is -0.0615. The Morgan fingerprint density at radius 1 is 1.32 bits per heavy atom. The summed E-state index contributed by atoms with van der Waals surface area (Å²) in [7, 11) is 0. The fourth-order valence-electron chi connectivity index (χ4n) is 1.82. The molecule has 1 N–H and O–H groups in total. The Hall–Kier alpha value is -1.24. The molecule has 1 saturated heterocycles. The van der Waals surface area contributed by atoms with Crippen LogP contribution in [0.5, 0.6) is 0 Å². The number of nitrogens with zero attached hydrogens (tertiary/aromatic N) is 1. The van der Waals surface area contributed by atoms with Crippen LogP contribution < -0.4 is 5.32 Å². The van der Waals surface area contributed by atoms with Gasteiger partial charge in [-0.15, -0.1) is 0 Å². The Labute approximate surface area is 116 Å². The van der Waals surface area contributed by atoms with Crippen molar-refractivity contribution in [2.24, 2.45) is 0 Å². The van der Waals surface area contributed by atoms with E-state index in [4.69, 9.17) is 0 Å². The number of nitrogens with one attached hydrogen (secondary N) is 1. The maximum absolute atomic E-state index is 13.5. The second kappa shape index (κ2) is 5.40. The molecule has 2 rings (SSSR count). The normalized spacial score (nSPS) is 18.2. The summed E-state index contributed by atoms with van der Waals surface area (Å²) in [5.41, 5.74) is 0.0329. The van der Waals surface area contributed by atoms with Crippen molar-refractivity contribution in [2.45, 2.75) is 18.8 Å². The van der Waals surface area contributed by atoms with E-state index in [1.165, 1.54) is 17.0 Å². The van der Waals surface area contributed by atoms with E-state index in [0.717, 1.165) is 0 Å². The number of carbonyl (C=O) groups excluding carboxylic acids is 1. The number of halogens is 4. The highest BCUT2D eigenvalue weighted by Crippen LogP contribution is 2.28. The number of anilines is 1. The van der Waals surface area contributed by atoms with E-state index < -0.39 is 17.8 Å². The van der Waals surface area contributed by atoms with Crippen LogP contribution in [0.1, 0.15) is 12.8 Å². The quantitative estimate of drug-likeness (QED) is 0.829. The van der Waals surface area contributed by atoms with Gasteiger partial charge < -0.3 is 10.2 Å². The molecule has 19 heavy (non-hydrogen) atoms. The third-order valence-electron chi connectivity index (χ3n) is 2.95. The molecule has 1 aliphatic heterocycles. The first kappa shape index (κ1) is 14.2. The predicted molar refractivity (Wildman–Crippen MR) is 68.9 cm³/mol. The second-order valence-electron chi connectivity index (χ2n) is 4.40. The Morgan fingerprint density at radius 3 is 2.53 bits per heavy atom. The zero-order chi connectivity index (χ0) is 14.0. The highest BCUT2D eigenvalue weighted by atomic mass is 79.9. The molecule has 1 aromatic rings. The first-order valence-electron chi connectivity index (χ1n) is 5.76. The Kier molecular flexibility index (Phi) is 4.03. The average Bonchev–Trinajstić information content (AvgIpc) is 2.32. The summed E-state index contributed by atoms with van der Waals surface area (Å²) in [6.07, 6.45) is -0.716. The molecule has 0 saturated carbocycles. The lowest BCUT2D eigenvalue weighted by molar-refractivity contribution is -0.0461. The molecule has 0 spiro atoms. The van der Waals surface area contributed by atoms with Crippen LogP contribution in [0, 0.1) is 5.82 Å². The lowest BCUT2D eigenvalue weighted by atomic mass is 10.1. The van der Waals surface area contributed by atoms with E-state index in [1.54, 1.807) is 6.07 Å². The summed E-state index contributed by atoms with van der Waals surface area (Å²) in [4.78, 5) is 13.1. The van der Waals surface area contributed by atoms with Crippen LogP contribution >= 0.6 is 15.9 Å². The lowest BCUT2D eigenvalue weighted by Crippen LogP contribution is -2.44. The molecule has 0 atom stereocenters. The van der Waals surface area contributed by atoms with Gasteiger partial charge in [-0.1, -0.05) is 15.9 Å². The molecule has 0 radical (unpaired) electrons. The molecule has 7 heteroatoms. The maximum atomic E-state index is 13.5. The molecule has 104 valence electrons. The largest absolute Gasteiger partial charge is 0.324 e. The highest BCUT2D eigenvalue weighted by Gasteiger charge is 2.35. The van der Waals surface area contributed by atoms with Crippen LogP contribution in [0.3, 0.4) is 0 Å². The van der Waals surface area contributed by atoms with Gasteiger partial charge in [-0.05, 0) is 18.2 Å². The number of likely N-dealkylation sites (tertiary alicyclic amines) is 1. The minimum absolute atomic E-state index is 0.0308. The average molecular weight is 337 g/mol. The summed E-state index contributed by atoms with van der Waals surface area (Å²) >= 11 is 3.11. The second-order valence-corrected chi connectivity index (χ2v) is 5.31. The van der Waals surface area contributed by atoms with Crippen molar-refractivity contribution in [3.63, 3.8) is 0 Å². The van der Waals surface area contributed by atoms with E-state index in [0.29, 0.717) is 4.47 Å². The molecule has 1 aliphatic rings. The minimum atomic E-state index is -2.71. The van der Waals surface area contributed by atoms with Crippen LogP contribution in [0.2, 0.25) is 0 Å². The van der Waals surface area contributed by atoms with Gasteiger partial charge in [-0.2, -0.15) is 0 Å². The topological polar surface area (TPSA) is 32.3 Å². The van der Waals surface area contributed by atoms with E-state index in [9.17, 15) is 18.0 Å². The van der Waals surface area contributed by atoms with E-state index in [2.05, 4.69) is 21.2 Å². The van der Waals surface area contributed by atoms with Gasteiger partial charge in [0.1, 0.15) is 5.82 Å². The van der Waals surface area contributed by atoms with Crippen LogP contribution in [0.25, 0.3) is 0 Å². The first-order valence-corrected chi connectivity index (χ1v) is 6.55. The number of amides is 2. The van der Waals surface area contributed by atoms with Crippen LogP contribution in [0.15, 0.2) is 22.7 Å². The van der Waals surface area contributed by atoms with Gasteiger partial charge in [-0.3, -0.25) is 0 Å². The van der Waals surface area contributed by atoms with Crippen molar-refractivity contribution in [1.29, 1.82) is 0 Å². The van der Waals surface area contributed by atoms with E-state index in [1.807, 2.05) is 0 Å². The molecule has 1 fully saturated rings. The van der Waals surface area contributed by atoms with Gasteiger partial charge in [0.05, 0.1) is 5.69 Å². The number of hydrogen-bond donors (Lipinski definition) is 1. The molecule has 0 aromatic heterocycles. The van der Waals surface area contributed by atoms with Crippen LogP contribution in [0.4, 0.5) is 23.7 Å². The summed E-state index contributed by atoms with van der Waals surface area (Å²) in [6, 6.07) is 3.66. The number of alkyl halides is 2. The number of rotatable bonds is 1. The van der Waals surface area contributed by atoms with Crippen LogP contribution in [-0.2, 0) is 0 Å². The van der Waals surface area contributed by atoms with Gasteiger partial charge in [0.25, 0.3) is 5.92 Å². The van der Waals surface area contributed by atoms with Gasteiger partial charge in [0.2, 0.25) is 0 Å². The Bertz CT molecular complexity index is 486. The first-order chi connectivity index (χ1) is 8.87. The van der Waals surface area contributed by atoms with E-state index in [-0.39, 0.29) is 31.6 Å². The SMILES string of the molecule is O=C(Nc1ccc(Br)cc1F)N1CCC(F)(F)CC1. The van der Waals surface area contributed by atoms with Crippen molar-refractivity contribution in [3.05, 3.63) is 28.5 Å². The standard InChI is InChI=1S/C12H12BrF3N2O/c13-8-1-2-10(9(14)7-8)17-11(19)18-5-3-12(15,16)4-6-18/h1-2,7H,3-6H2,(H,17,19). The van der Waals surface area contributed by atoms with Crippen LogP contribution in [-0.4, -0.2) is 29.9 Å². The smallest absolute Gasteiger partial charge is 0.321 e. The van der Waals surface area contributed by atoms with Crippen molar-refractivity contribution in [3.8, 4) is 0 Å². The number of carbonyl (C=O) groups is 1. The molecular formula is C12H12BrF3N2O. The molecule has 0 bridgehead atoms. The molecule has 0 aliphatic carbocycles. The zero-order valence-corrected chi connectivity index (χ0v) is 11.5. The third kappa shape index (κ3) is 3.62. The number of urea groups is 1. The van der Waals surface area contributed by atoms with Gasteiger partial charge in [-0.25, -0.2) is 18.0 Å². The highest BCUT2D eigenvalue weighted by molar-refractivity contribution is 9.10. The summed E-state index contributed by atoms with van der Waals surface area (Å²) in [5.74, 6) is -3.29. The lowest BCUT2D eigenvalue weighted by Gasteiger charge is -2.31. The third-order valence-corrected chi connectivity index (χ3v) is 3.45. The van der Waals surface area contributed by atoms with Gasteiger partial charge in [0.15, 0.2) is 0 Å². The molecule has 3 nitrogen and oxygen atoms in total. The summed E-state index contributed by atoms with van der Waals surface area (Å²) < 4.78 is 40.0. The fraction of sp³-hybridized carbons (Fsp3) is 0.417. The minimum Gasteiger partial charge on any atom is -0.324 e. The van der Waals surface area contributed by atoms with Crippen molar-refractivity contribution in [1.82, 2.24) is 4.90 Å². The maximum Gasteiger partial charge on any atom is 0.321 e. The van der Waals surface area contributed by atoms with Gasteiger partial charge in [0, 0.05) is 30.4 Å². The molecular weight excluding hydrogens is 325 g/mol. The monoisotopic (exact) mass is 336 g/mol. The molecule has 1 aromatic carbocycles. The number of piperidine rings is 1. The number of hydrogen-bond acceptors (Lipinski definition) is 1. The molecule has 1 heterocycles.